The predicted molar refractivity (Wildman–Crippen MR) is 63.0 cm³/mol. The summed E-state index contributed by atoms with van der Waals surface area (Å²) in [6, 6.07) is 1.60. The Morgan fingerprint density at radius 3 is 2.78 bits per heavy atom. The first-order valence-electron chi connectivity index (χ1n) is 4.91. The van der Waals surface area contributed by atoms with Crippen molar-refractivity contribution in [3.05, 3.63) is 40.9 Å². The van der Waals surface area contributed by atoms with Crippen molar-refractivity contribution in [1.29, 1.82) is 0 Å². The lowest BCUT2D eigenvalue weighted by molar-refractivity contribution is 0.0695. The van der Waals surface area contributed by atoms with Gasteiger partial charge in [-0.05, 0) is 6.92 Å². The molecular weight excluding hydrogens is 258 g/mol. The van der Waals surface area contributed by atoms with Crippen LogP contribution in [0, 0.1) is 6.92 Å². The van der Waals surface area contributed by atoms with Crippen LogP contribution in [0.1, 0.15) is 16.1 Å². The summed E-state index contributed by atoms with van der Waals surface area (Å²) in [6.07, 6.45) is 4.11. The van der Waals surface area contributed by atoms with Crippen LogP contribution in [0.15, 0.2) is 24.7 Å². The summed E-state index contributed by atoms with van der Waals surface area (Å²) >= 11 is 5.75. The van der Waals surface area contributed by atoms with E-state index in [1.807, 2.05) is 0 Å². The van der Waals surface area contributed by atoms with Crippen LogP contribution in [-0.4, -0.2) is 26.0 Å². The van der Waals surface area contributed by atoms with Crippen molar-refractivity contribution in [2.75, 3.05) is 0 Å². The number of nitrogens with zero attached hydrogens (tertiary/aromatic N) is 3. The molecule has 0 bridgehead atoms. The first-order chi connectivity index (χ1) is 8.56. The van der Waals surface area contributed by atoms with Crippen molar-refractivity contribution in [3.8, 4) is 11.8 Å². The van der Waals surface area contributed by atoms with Gasteiger partial charge in [0.05, 0.1) is 22.5 Å². The van der Waals surface area contributed by atoms with Gasteiger partial charge in [0, 0.05) is 18.5 Å². The lowest BCUT2D eigenvalue weighted by atomic mass is 10.2. The molecule has 2 aromatic rings. The summed E-state index contributed by atoms with van der Waals surface area (Å²) in [7, 11) is 0. The van der Waals surface area contributed by atoms with Gasteiger partial charge in [-0.1, -0.05) is 11.6 Å². The quantitative estimate of drug-likeness (QED) is 0.917. The molecule has 92 valence electrons. The molecule has 0 saturated heterocycles. The monoisotopic (exact) mass is 265 g/mol. The summed E-state index contributed by atoms with van der Waals surface area (Å²) in [4.78, 5) is 22.4. The van der Waals surface area contributed by atoms with E-state index in [0.717, 1.165) is 0 Å². The minimum absolute atomic E-state index is 0.0339. The first kappa shape index (κ1) is 12.3. The lowest BCUT2D eigenvalue weighted by Crippen LogP contribution is -2.04. The minimum Gasteiger partial charge on any atom is -0.478 e. The molecule has 2 heterocycles. The molecule has 0 unspecified atom stereocenters. The molecule has 0 aliphatic rings. The number of carboxylic acids is 1. The average Bonchev–Trinajstić information content (AvgIpc) is 2.28. The van der Waals surface area contributed by atoms with Gasteiger partial charge in [-0.15, -0.1) is 0 Å². The zero-order valence-corrected chi connectivity index (χ0v) is 10.0. The highest BCUT2D eigenvalue weighted by molar-refractivity contribution is 6.30. The van der Waals surface area contributed by atoms with E-state index in [9.17, 15) is 4.79 Å². The zero-order chi connectivity index (χ0) is 13.1. The number of aromatic carboxylic acids is 1. The molecular formula is C11H8ClN3O3. The molecule has 2 aromatic heterocycles. The number of pyridine rings is 1. The van der Waals surface area contributed by atoms with E-state index in [2.05, 4.69) is 15.0 Å². The summed E-state index contributed by atoms with van der Waals surface area (Å²) in [5.74, 6) is -0.701. The summed E-state index contributed by atoms with van der Waals surface area (Å²) < 4.78 is 5.31. The Morgan fingerprint density at radius 1 is 1.39 bits per heavy atom. The van der Waals surface area contributed by atoms with Crippen LogP contribution in [0.25, 0.3) is 0 Å². The molecule has 6 nitrogen and oxygen atoms in total. The summed E-state index contributed by atoms with van der Waals surface area (Å²) in [6.45, 7) is 1.56. The first-order valence-corrected chi connectivity index (χ1v) is 5.29. The SMILES string of the molecule is Cc1nc(Oc2cncc(Cl)c2)ncc1C(=O)O. The van der Waals surface area contributed by atoms with Gasteiger partial charge >= 0.3 is 12.0 Å². The van der Waals surface area contributed by atoms with Crippen molar-refractivity contribution >= 4 is 17.6 Å². The summed E-state index contributed by atoms with van der Waals surface area (Å²) in [5.41, 5.74) is 0.356. The lowest BCUT2D eigenvalue weighted by Gasteiger charge is -2.05. The topological polar surface area (TPSA) is 85.2 Å². The van der Waals surface area contributed by atoms with E-state index in [1.54, 1.807) is 13.0 Å². The molecule has 0 spiro atoms. The highest BCUT2D eigenvalue weighted by atomic mass is 35.5. The van der Waals surface area contributed by atoms with Crippen LogP contribution in [0.2, 0.25) is 5.02 Å². The molecule has 0 aliphatic heterocycles. The Labute approximate surface area is 107 Å². The van der Waals surface area contributed by atoms with E-state index < -0.39 is 5.97 Å². The van der Waals surface area contributed by atoms with Gasteiger partial charge in [0.1, 0.15) is 0 Å². The molecule has 0 amide bonds. The molecule has 0 radical (unpaired) electrons. The molecule has 2 rings (SSSR count). The molecule has 0 aliphatic carbocycles. The van der Waals surface area contributed by atoms with Gasteiger partial charge < -0.3 is 9.84 Å². The fraction of sp³-hybridized carbons (Fsp3) is 0.0909. The molecule has 0 aromatic carbocycles. The standard InChI is InChI=1S/C11H8ClN3O3/c1-6-9(10(16)17)5-14-11(15-6)18-8-2-7(12)3-13-4-8/h2-5H,1H3,(H,16,17). The van der Waals surface area contributed by atoms with E-state index >= 15 is 0 Å². The van der Waals surface area contributed by atoms with Crippen molar-refractivity contribution in [2.24, 2.45) is 0 Å². The number of halogens is 1. The van der Waals surface area contributed by atoms with Crippen LogP contribution in [0.5, 0.6) is 11.8 Å². The molecule has 0 atom stereocenters. The Bertz CT molecular complexity index is 604. The van der Waals surface area contributed by atoms with Gasteiger partial charge in [-0.2, -0.15) is 4.98 Å². The minimum atomic E-state index is -1.08. The normalized spacial score (nSPS) is 10.1. The fourth-order valence-corrected chi connectivity index (χ4v) is 1.42. The van der Waals surface area contributed by atoms with Crippen molar-refractivity contribution in [3.63, 3.8) is 0 Å². The van der Waals surface area contributed by atoms with Gasteiger partial charge in [0.15, 0.2) is 5.75 Å². The largest absolute Gasteiger partial charge is 0.478 e. The highest BCUT2D eigenvalue weighted by Crippen LogP contribution is 2.20. The molecule has 18 heavy (non-hydrogen) atoms. The van der Waals surface area contributed by atoms with E-state index in [4.69, 9.17) is 21.4 Å². The van der Waals surface area contributed by atoms with Gasteiger partial charge in [0.25, 0.3) is 0 Å². The zero-order valence-electron chi connectivity index (χ0n) is 9.29. The maximum absolute atomic E-state index is 10.8. The Morgan fingerprint density at radius 2 is 2.17 bits per heavy atom. The summed E-state index contributed by atoms with van der Waals surface area (Å²) in [5, 5.41) is 9.26. The number of carbonyl (C=O) groups is 1. The maximum atomic E-state index is 10.8. The van der Waals surface area contributed by atoms with E-state index in [1.165, 1.54) is 18.6 Å². The third-order valence-electron chi connectivity index (χ3n) is 2.08. The predicted octanol–water partition coefficient (Wildman–Crippen LogP) is 2.32. The van der Waals surface area contributed by atoms with Crippen molar-refractivity contribution in [1.82, 2.24) is 15.0 Å². The van der Waals surface area contributed by atoms with Crippen LogP contribution >= 0.6 is 11.6 Å². The molecule has 0 fully saturated rings. The number of carboxylic acid groups (broad SMARTS) is 1. The molecule has 0 saturated carbocycles. The highest BCUT2D eigenvalue weighted by Gasteiger charge is 2.11. The van der Waals surface area contributed by atoms with Crippen LogP contribution in [-0.2, 0) is 0 Å². The van der Waals surface area contributed by atoms with E-state index in [0.29, 0.717) is 16.5 Å². The van der Waals surface area contributed by atoms with Gasteiger partial charge in [-0.3, -0.25) is 4.98 Å². The number of hydrogen-bond acceptors (Lipinski definition) is 5. The number of aryl methyl sites for hydroxylation is 1. The Hall–Kier alpha value is -2.21. The molecule has 1 N–H and O–H groups in total. The third-order valence-corrected chi connectivity index (χ3v) is 2.28. The van der Waals surface area contributed by atoms with Crippen molar-refractivity contribution in [2.45, 2.75) is 6.92 Å². The second kappa shape index (κ2) is 4.97. The van der Waals surface area contributed by atoms with Crippen LogP contribution in [0.3, 0.4) is 0 Å². The van der Waals surface area contributed by atoms with Crippen LogP contribution < -0.4 is 4.74 Å². The maximum Gasteiger partial charge on any atom is 0.339 e. The fourth-order valence-electron chi connectivity index (χ4n) is 1.26. The number of hydrogen-bond donors (Lipinski definition) is 1. The van der Waals surface area contributed by atoms with Gasteiger partial charge in [-0.25, -0.2) is 9.78 Å². The second-order valence-corrected chi connectivity index (χ2v) is 3.83. The van der Waals surface area contributed by atoms with E-state index in [-0.39, 0.29) is 11.6 Å². The Balaban J connectivity index is 2.25. The number of ether oxygens (including phenoxy) is 1. The van der Waals surface area contributed by atoms with Crippen molar-refractivity contribution < 1.29 is 14.6 Å². The molecule has 7 heteroatoms. The Kier molecular flexibility index (Phi) is 3.38. The number of rotatable bonds is 3. The number of aromatic nitrogens is 3. The smallest absolute Gasteiger partial charge is 0.339 e. The van der Waals surface area contributed by atoms with Gasteiger partial charge in [0.2, 0.25) is 0 Å². The second-order valence-electron chi connectivity index (χ2n) is 3.40. The van der Waals surface area contributed by atoms with Crippen LogP contribution in [0.4, 0.5) is 0 Å². The third kappa shape index (κ3) is 2.72. The average molecular weight is 266 g/mol.